The third-order valence-electron chi connectivity index (χ3n) is 4.71. The first-order valence-electron chi connectivity index (χ1n) is 9.81. The molecule has 0 unspecified atom stereocenters. The van der Waals surface area contributed by atoms with Crippen LogP contribution < -0.4 is 0 Å². The van der Waals surface area contributed by atoms with Crippen molar-refractivity contribution in [3.8, 4) is 0 Å². The third-order valence-corrected chi connectivity index (χ3v) is 4.71. The van der Waals surface area contributed by atoms with Gasteiger partial charge in [0.2, 0.25) is 0 Å². The maximum absolute atomic E-state index is 11.9. The highest BCUT2D eigenvalue weighted by Crippen LogP contribution is 2.21. The van der Waals surface area contributed by atoms with Gasteiger partial charge in [-0.2, -0.15) is 0 Å². The van der Waals surface area contributed by atoms with E-state index < -0.39 is 0 Å². The van der Waals surface area contributed by atoms with Gasteiger partial charge < -0.3 is 0 Å². The number of aryl methyl sites for hydroxylation is 2. The highest BCUT2D eigenvalue weighted by atomic mass is 16.1. The number of allylic oxidation sites excluding steroid dienone is 2. The zero-order valence-electron chi connectivity index (χ0n) is 16.8. The number of benzene rings is 2. The summed E-state index contributed by atoms with van der Waals surface area (Å²) in [7, 11) is 0. The lowest BCUT2D eigenvalue weighted by atomic mass is 9.95. The molecule has 0 heterocycles. The van der Waals surface area contributed by atoms with Crippen molar-refractivity contribution < 1.29 is 9.59 Å². The Bertz CT molecular complexity index is 841. The van der Waals surface area contributed by atoms with E-state index in [4.69, 9.17) is 0 Å². The Morgan fingerprint density at radius 1 is 0.750 bits per heavy atom. The molecule has 2 rings (SSSR count). The zero-order chi connectivity index (χ0) is 20.5. The third kappa shape index (κ3) is 5.26. The fraction of sp³-hybridized carbons (Fsp3) is 0.231. The van der Waals surface area contributed by atoms with E-state index in [2.05, 4.69) is 39.2 Å². The molecule has 0 aliphatic rings. The first-order valence-corrected chi connectivity index (χ1v) is 9.81. The summed E-state index contributed by atoms with van der Waals surface area (Å²) in [6.07, 6.45) is 10.7. The average Bonchev–Trinajstić information content (AvgIpc) is 2.72. The minimum atomic E-state index is -0.0550. The molecule has 0 radical (unpaired) electrons. The summed E-state index contributed by atoms with van der Waals surface area (Å²) >= 11 is 0. The average molecular weight is 373 g/mol. The molecule has 0 spiro atoms. The Labute approximate surface area is 168 Å². The van der Waals surface area contributed by atoms with Crippen LogP contribution in [0, 0.1) is 0 Å². The molecule has 28 heavy (non-hydrogen) atoms. The molecule has 0 aliphatic carbocycles. The van der Waals surface area contributed by atoms with Crippen molar-refractivity contribution in [1.82, 2.24) is 0 Å². The number of carbonyl (C=O) groups excluding carboxylic acids is 2. The van der Waals surface area contributed by atoms with Gasteiger partial charge in [0.15, 0.2) is 11.6 Å². The fourth-order valence-corrected chi connectivity index (χ4v) is 3.23. The molecule has 0 saturated carbocycles. The summed E-state index contributed by atoms with van der Waals surface area (Å²) in [5.41, 5.74) is 5.88. The zero-order valence-corrected chi connectivity index (χ0v) is 16.8. The van der Waals surface area contributed by atoms with Crippen molar-refractivity contribution in [1.29, 1.82) is 0 Å². The fourth-order valence-electron chi connectivity index (χ4n) is 3.23. The Balaban J connectivity index is 2.41. The van der Waals surface area contributed by atoms with Gasteiger partial charge in [-0.3, -0.25) is 9.59 Å². The molecule has 0 aromatic heterocycles. The molecule has 2 aromatic carbocycles. The maximum atomic E-state index is 11.9. The van der Waals surface area contributed by atoms with E-state index in [-0.39, 0.29) is 11.6 Å². The smallest absolute Gasteiger partial charge is 0.185 e. The molecule has 0 atom stereocenters. The lowest BCUT2D eigenvalue weighted by molar-refractivity contribution is 0.103. The molecule has 144 valence electrons. The quantitative estimate of drug-likeness (QED) is 0.271. The largest absolute Gasteiger partial charge is 0.289 e. The van der Waals surface area contributed by atoms with E-state index in [1.54, 1.807) is 0 Å². The van der Waals surface area contributed by atoms with Crippen molar-refractivity contribution in [2.75, 3.05) is 0 Å². The molecule has 2 heteroatoms. The van der Waals surface area contributed by atoms with Gasteiger partial charge in [0.1, 0.15) is 0 Å². The second kappa shape index (κ2) is 10.4. The summed E-state index contributed by atoms with van der Waals surface area (Å²) in [6, 6.07) is 11.6. The van der Waals surface area contributed by atoms with Crippen molar-refractivity contribution in [2.24, 2.45) is 0 Å². The van der Waals surface area contributed by atoms with Gasteiger partial charge in [-0.1, -0.05) is 76.3 Å². The van der Waals surface area contributed by atoms with Crippen LogP contribution in [0.5, 0.6) is 0 Å². The molecule has 0 fully saturated rings. The number of ketones is 2. The second-order valence-corrected chi connectivity index (χ2v) is 6.80. The van der Waals surface area contributed by atoms with Gasteiger partial charge in [-0.15, -0.1) is 0 Å². The van der Waals surface area contributed by atoms with E-state index in [0.29, 0.717) is 11.1 Å². The minimum absolute atomic E-state index is 0.0550. The highest BCUT2D eigenvalue weighted by molar-refractivity contribution is 6.05. The van der Waals surface area contributed by atoms with Crippen molar-refractivity contribution in [3.63, 3.8) is 0 Å². The molecule has 0 aliphatic heterocycles. The molecular weight excluding hydrogens is 344 g/mol. The lowest BCUT2D eigenvalue weighted by Gasteiger charge is -2.09. The first kappa shape index (κ1) is 21.3. The monoisotopic (exact) mass is 372 g/mol. The van der Waals surface area contributed by atoms with Gasteiger partial charge in [-0.25, -0.2) is 0 Å². The van der Waals surface area contributed by atoms with Crippen LogP contribution in [0.25, 0.3) is 12.2 Å². The predicted molar refractivity (Wildman–Crippen MR) is 119 cm³/mol. The molecule has 0 amide bonds. The topological polar surface area (TPSA) is 34.1 Å². The van der Waals surface area contributed by atoms with Gasteiger partial charge >= 0.3 is 0 Å². The Kier molecular flexibility index (Phi) is 7.88. The van der Waals surface area contributed by atoms with Crippen LogP contribution in [0.3, 0.4) is 0 Å². The number of hydrogen-bond donors (Lipinski definition) is 0. The van der Waals surface area contributed by atoms with Crippen molar-refractivity contribution in [3.05, 3.63) is 95.1 Å². The van der Waals surface area contributed by atoms with Crippen LogP contribution in [0.15, 0.2) is 61.7 Å². The highest BCUT2D eigenvalue weighted by Gasteiger charge is 2.08. The van der Waals surface area contributed by atoms with E-state index in [0.717, 1.165) is 47.9 Å². The predicted octanol–water partition coefficient (Wildman–Crippen LogP) is 6.50. The number of hydrogen-bond acceptors (Lipinski definition) is 2. The SMILES string of the molecule is C=CC(=O)c1ccc(/C=C/c2ccc(C(=O)C=C)cc2CCC)c(CCC)c1. The van der Waals surface area contributed by atoms with Crippen LogP contribution in [-0.2, 0) is 12.8 Å². The van der Waals surface area contributed by atoms with Gasteiger partial charge in [0.05, 0.1) is 0 Å². The normalized spacial score (nSPS) is 10.8. The van der Waals surface area contributed by atoms with E-state index in [1.807, 2.05) is 36.4 Å². The van der Waals surface area contributed by atoms with Crippen LogP contribution in [0.1, 0.15) is 69.7 Å². The van der Waals surface area contributed by atoms with Gasteiger partial charge in [0, 0.05) is 11.1 Å². The van der Waals surface area contributed by atoms with E-state index in [1.165, 1.54) is 12.2 Å². The molecular formula is C26H28O2. The van der Waals surface area contributed by atoms with Gasteiger partial charge in [0.25, 0.3) is 0 Å². The summed E-state index contributed by atoms with van der Waals surface area (Å²) in [4.78, 5) is 23.8. The van der Waals surface area contributed by atoms with Crippen molar-refractivity contribution in [2.45, 2.75) is 39.5 Å². The molecule has 0 N–H and O–H groups in total. The van der Waals surface area contributed by atoms with Gasteiger partial charge in [-0.05, 0) is 59.4 Å². The van der Waals surface area contributed by atoms with Crippen LogP contribution >= 0.6 is 0 Å². The van der Waals surface area contributed by atoms with E-state index >= 15 is 0 Å². The summed E-state index contributed by atoms with van der Waals surface area (Å²) < 4.78 is 0. The van der Waals surface area contributed by atoms with E-state index in [9.17, 15) is 9.59 Å². The number of carbonyl (C=O) groups is 2. The summed E-state index contributed by atoms with van der Waals surface area (Å²) in [5.74, 6) is -0.110. The summed E-state index contributed by atoms with van der Waals surface area (Å²) in [5, 5.41) is 0. The Morgan fingerprint density at radius 2 is 1.14 bits per heavy atom. The number of rotatable bonds is 10. The molecule has 2 nitrogen and oxygen atoms in total. The summed E-state index contributed by atoms with van der Waals surface area (Å²) in [6.45, 7) is 11.4. The minimum Gasteiger partial charge on any atom is -0.289 e. The maximum Gasteiger partial charge on any atom is 0.185 e. The van der Waals surface area contributed by atoms with Crippen LogP contribution in [-0.4, -0.2) is 11.6 Å². The first-order chi connectivity index (χ1) is 13.5. The standard InChI is InChI=1S/C26H28O2/c1-5-9-21-17-23(25(27)7-3)15-13-19(21)11-12-20-14-16-24(26(28)8-4)18-22(20)10-6-2/h7-8,11-18H,3-6,9-10H2,1-2H3/b12-11+. The Morgan fingerprint density at radius 3 is 1.46 bits per heavy atom. The second-order valence-electron chi connectivity index (χ2n) is 6.80. The lowest BCUT2D eigenvalue weighted by Crippen LogP contribution is -1.98. The van der Waals surface area contributed by atoms with Crippen LogP contribution in [0.4, 0.5) is 0 Å². The van der Waals surface area contributed by atoms with Crippen LogP contribution in [0.2, 0.25) is 0 Å². The molecule has 2 aromatic rings. The molecule has 0 saturated heterocycles. The molecule has 0 bridgehead atoms. The van der Waals surface area contributed by atoms with Crippen molar-refractivity contribution >= 4 is 23.7 Å². The Hall–Kier alpha value is -3.00.